The largest absolute Gasteiger partial charge is 0.481 e. The van der Waals surface area contributed by atoms with E-state index in [0.717, 1.165) is 66.5 Å². The van der Waals surface area contributed by atoms with Crippen LogP contribution < -0.4 is 10.5 Å². The van der Waals surface area contributed by atoms with Gasteiger partial charge in [0.25, 0.3) is 0 Å². The van der Waals surface area contributed by atoms with Crippen LogP contribution in [-0.4, -0.2) is 50.0 Å². The molecule has 1 amide bonds. The topological polar surface area (TPSA) is 99.2 Å². The third kappa shape index (κ3) is 3.87. The van der Waals surface area contributed by atoms with Gasteiger partial charge in [-0.15, -0.1) is 0 Å². The van der Waals surface area contributed by atoms with Crippen molar-refractivity contribution >= 4 is 28.3 Å². The first-order valence-electron chi connectivity index (χ1n) is 12.1. The van der Waals surface area contributed by atoms with Crippen LogP contribution in [0.25, 0.3) is 27.7 Å². The predicted molar refractivity (Wildman–Crippen MR) is 138 cm³/mol. The number of nitrogen functional groups attached to an aromatic ring is 1. The molecule has 1 aliphatic heterocycles. The van der Waals surface area contributed by atoms with Gasteiger partial charge in [0.05, 0.1) is 18.2 Å². The molecular weight excluding hydrogens is 440 g/mol. The standard InChI is InChI=1S/C27H32N6O2/c1-5-21(34)33-13-12-27(14-17(33)2)10-8-18(9-11-27)24-22(19-6-7-20(35-4)29-15-19)23-25(28)30-16-31-26(23)32(24)3/h5-8,15-17H,1,9-14H2,2-4H3,(H2,28,30,31). The number of carbonyl (C=O) groups is 1. The molecule has 0 bridgehead atoms. The van der Waals surface area contributed by atoms with Gasteiger partial charge < -0.3 is 19.9 Å². The molecule has 1 aliphatic carbocycles. The molecule has 4 heterocycles. The Morgan fingerprint density at radius 3 is 2.74 bits per heavy atom. The fourth-order valence-corrected chi connectivity index (χ4v) is 6.01. The monoisotopic (exact) mass is 472 g/mol. The lowest BCUT2D eigenvalue weighted by Crippen LogP contribution is -2.48. The smallest absolute Gasteiger partial charge is 0.246 e. The number of fused-ring (bicyclic) bond motifs is 1. The Labute approximate surface area is 205 Å². The third-order valence-electron chi connectivity index (χ3n) is 7.84. The Bertz CT molecular complexity index is 1330. The van der Waals surface area contributed by atoms with Gasteiger partial charge in [-0.3, -0.25) is 4.79 Å². The number of hydrogen-bond acceptors (Lipinski definition) is 6. The lowest BCUT2D eigenvalue weighted by atomic mass is 9.66. The van der Waals surface area contributed by atoms with Crippen LogP contribution in [0.3, 0.4) is 0 Å². The Balaban J connectivity index is 1.54. The number of likely N-dealkylation sites (tertiary alicyclic amines) is 1. The summed E-state index contributed by atoms with van der Waals surface area (Å²) in [7, 11) is 3.65. The van der Waals surface area contributed by atoms with E-state index in [1.807, 2.05) is 30.3 Å². The molecule has 1 fully saturated rings. The lowest BCUT2D eigenvalue weighted by molar-refractivity contribution is -0.131. The Morgan fingerprint density at radius 2 is 2.11 bits per heavy atom. The second-order valence-electron chi connectivity index (χ2n) is 9.80. The average molecular weight is 473 g/mol. The van der Waals surface area contributed by atoms with Crippen LogP contribution in [0.1, 0.15) is 44.7 Å². The van der Waals surface area contributed by atoms with Crippen LogP contribution >= 0.6 is 0 Å². The number of rotatable bonds is 4. The molecule has 5 rings (SSSR count). The number of piperidine rings is 1. The van der Waals surface area contributed by atoms with Gasteiger partial charge in [0.2, 0.25) is 11.8 Å². The Kier molecular flexibility index (Phi) is 5.83. The van der Waals surface area contributed by atoms with Gasteiger partial charge in [-0.2, -0.15) is 0 Å². The number of aryl methyl sites for hydroxylation is 1. The van der Waals surface area contributed by atoms with Crippen molar-refractivity contribution < 1.29 is 9.53 Å². The van der Waals surface area contributed by atoms with Gasteiger partial charge in [-0.1, -0.05) is 12.7 Å². The Hall–Kier alpha value is -3.68. The number of methoxy groups -OCH3 is 1. The number of nitrogens with two attached hydrogens (primary N) is 1. The maximum Gasteiger partial charge on any atom is 0.246 e. The van der Waals surface area contributed by atoms with E-state index in [1.165, 1.54) is 18.0 Å². The number of nitrogens with zero attached hydrogens (tertiary/aromatic N) is 5. The third-order valence-corrected chi connectivity index (χ3v) is 7.84. The molecule has 3 aromatic rings. The van der Waals surface area contributed by atoms with Gasteiger partial charge in [0.1, 0.15) is 17.8 Å². The van der Waals surface area contributed by atoms with E-state index in [9.17, 15) is 4.79 Å². The van der Waals surface area contributed by atoms with Crippen molar-refractivity contribution in [2.24, 2.45) is 12.5 Å². The summed E-state index contributed by atoms with van der Waals surface area (Å²) in [6.07, 6.45) is 12.2. The van der Waals surface area contributed by atoms with Crippen molar-refractivity contribution in [1.29, 1.82) is 0 Å². The van der Waals surface area contributed by atoms with Crippen LogP contribution in [-0.2, 0) is 11.8 Å². The van der Waals surface area contributed by atoms with E-state index in [0.29, 0.717) is 11.7 Å². The summed E-state index contributed by atoms with van der Waals surface area (Å²) in [5, 5.41) is 0.850. The predicted octanol–water partition coefficient (Wildman–Crippen LogP) is 4.37. The number of pyridine rings is 1. The highest BCUT2D eigenvalue weighted by Crippen LogP contribution is 2.49. The molecule has 0 saturated carbocycles. The maximum atomic E-state index is 12.2. The summed E-state index contributed by atoms with van der Waals surface area (Å²) in [5.41, 5.74) is 11.8. The quantitative estimate of drug-likeness (QED) is 0.566. The highest BCUT2D eigenvalue weighted by molar-refractivity contribution is 6.05. The maximum absolute atomic E-state index is 12.2. The van der Waals surface area contributed by atoms with Gasteiger partial charge >= 0.3 is 0 Å². The molecule has 1 spiro atoms. The number of allylic oxidation sites excluding steroid dienone is 2. The van der Waals surface area contributed by atoms with Crippen LogP contribution in [0.5, 0.6) is 5.88 Å². The summed E-state index contributed by atoms with van der Waals surface area (Å²) in [6, 6.07) is 4.09. The van der Waals surface area contributed by atoms with Crippen molar-refractivity contribution in [3.8, 4) is 17.0 Å². The number of aromatic nitrogens is 4. The van der Waals surface area contributed by atoms with Crippen molar-refractivity contribution in [2.75, 3.05) is 19.4 Å². The first-order valence-corrected chi connectivity index (χ1v) is 12.1. The lowest BCUT2D eigenvalue weighted by Gasteiger charge is -2.47. The molecule has 2 aliphatic rings. The summed E-state index contributed by atoms with van der Waals surface area (Å²) in [5.74, 6) is 1.06. The van der Waals surface area contributed by atoms with Crippen LogP contribution in [0, 0.1) is 5.41 Å². The summed E-state index contributed by atoms with van der Waals surface area (Å²) in [6.45, 7) is 6.60. The normalized spacial score (nSPS) is 22.3. The molecule has 8 nitrogen and oxygen atoms in total. The van der Waals surface area contributed by atoms with Gasteiger partial charge in [-0.05, 0) is 62.2 Å². The van der Waals surface area contributed by atoms with E-state index in [-0.39, 0.29) is 17.4 Å². The van der Waals surface area contributed by atoms with E-state index < -0.39 is 0 Å². The van der Waals surface area contributed by atoms with Gasteiger partial charge in [0, 0.05) is 43.0 Å². The summed E-state index contributed by atoms with van der Waals surface area (Å²) < 4.78 is 7.39. The number of amides is 1. The number of hydrogen-bond donors (Lipinski definition) is 1. The van der Waals surface area contributed by atoms with E-state index in [1.54, 1.807) is 7.11 Å². The molecular formula is C27H32N6O2. The molecule has 2 N–H and O–H groups in total. The molecule has 3 aromatic heterocycles. The van der Waals surface area contributed by atoms with Crippen molar-refractivity contribution in [3.05, 3.63) is 49.1 Å². The number of ether oxygens (including phenoxy) is 1. The van der Waals surface area contributed by atoms with Gasteiger partial charge in [-0.25, -0.2) is 15.0 Å². The first-order chi connectivity index (χ1) is 16.9. The second-order valence-corrected chi connectivity index (χ2v) is 9.80. The molecule has 8 heteroatoms. The molecule has 0 radical (unpaired) electrons. The average Bonchev–Trinajstić information content (AvgIpc) is 3.18. The SMILES string of the molecule is C=CC(=O)N1CCC2(CC=C(c3c(-c4ccc(OC)nc4)c4c(N)ncnc4n3C)CC2)CC1C. The molecule has 0 aromatic carbocycles. The molecule has 182 valence electrons. The minimum absolute atomic E-state index is 0.0336. The van der Waals surface area contributed by atoms with Crippen molar-refractivity contribution in [2.45, 2.75) is 45.1 Å². The molecule has 1 saturated heterocycles. The van der Waals surface area contributed by atoms with Crippen LogP contribution in [0.2, 0.25) is 0 Å². The molecule has 2 atom stereocenters. The molecule has 35 heavy (non-hydrogen) atoms. The molecule has 2 unspecified atom stereocenters. The Morgan fingerprint density at radius 1 is 1.29 bits per heavy atom. The van der Waals surface area contributed by atoms with E-state index in [4.69, 9.17) is 10.5 Å². The van der Waals surface area contributed by atoms with Crippen molar-refractivity contribution in [3.63, 3.8) is 0 Å². The van der Waals surface area contributed by atoms with Crippen LogP contribution in [0.4, 0.5) is 5.82 Å². The summed E-state index contributed by atoms with van der Waals surface area (Å²) in [4.78, 5) is 27.4. The minimum Gasteiger partial charge on any atom is -0.481 e. The zero-order chi connectivity index (χ0) is 24.7. The fourth-order valence-electron chi connectivity index (χ4n) is 6.01. The number of carbonyl (C=O) groups excluding carboxylic acids is 1. The van der Waals surface area contributed by atoms with Gasteiger partial charge in [0.15, 0.2) is 0 Å². The minimum atomic E-state index is 0.0336. The first kappa shape index (κ1) is 23.1. The summed E-state index contributed by atoms with van der Waals surface area (Å²) >= 11 is 0. The zero-order valence-corrected chi connectivity index (χ0v) is 20.6. The van der Waals surface area contributed by atoms with Crippen LogP contribution in [0.15, 0.2) is 43.4 Å². The second kappa shape index (κ2) is 8.83. The number of anilines is 1. The van der Waals surface area contributed by atoms with Crippen molar-refractivity contribution in [1.82, 2.24) is 24.4 Å². The van der Waals surface area contributed by atoms with E-state index in [2.05, 4.69) is 39.1 Å². The van der Waals surface area contributed by atoms with E-state index >= 15 is 0 Å². The zero-order valence-electron chi connectivity index (χ0n) is 20.6. The highest BCUT2D eigenvalue weighted by atomic mass is 16.5. The fraction of sp³-hybridized carbons (Fsp3) is 0.407. The highest BCUT2D eigenvalue weighted by Gasteiger charge is 2.40.